The highest BCUT2D eigenvalue weighted by Gasteiger charge is 2.05. The van der Waals surface area contributed by atoms with Crippen LogP contribution < -0.4 is 5.32 Å². The molecule has 1 aromatic carbocycles. The zero-order valence-corrected chi connectivity index (χ0v) is 18.7. The Morgan fingerprint density at radius 1 is 1.06 bits per heavy atom. The highest BCUT2D eigenvalue weighted by molar-refractivity contribution is 6.31. The standard InChI is InChI=1S/C27H24ClN3/c1-18(2)30-27-15-19(3)25-16-20(8-14-26(25)31-27)7-12-24-13-10-22(17-29-24)21-5-4-6-23(28)11-9-21/h4,6,8-11,13-18H,5H2,1-3H3,(H,30,31). The van der Waals surface area contributed by atoms with Crippen molar-refractivity contribution in [3.8, 4) is 11.8 Å². The predicted octanol–water partition coefficient (Wildman–Crippen LogP) is 6.62. The lowest BCUT2D eigenvalue weighted by Crippen LogP contribution is -2.11. The molecule has 1 N–H and O–H groups in total. The van der Waals surface area contributed by atoms with Gasteiger partial charge < -0.3 is 5.32 Å². The van der Waals surface area contributed by atoms with E-state index in [1.54, 1.807) is 0 Å². The van der Waals surface area contributed by atoms with E-state index >= 15 is 0 Å². The van der Waals surface area contributed by atoms with Crippen LogP contribution >= 0.6 is 11.6 Å². The molecule has 0 saturated heterocycles. The van der Waals surface area contributed by atoms with Gasteiger partial charge in [0, 0.05) is 28.2 Å². The van der Waals surface area contributed by atoms with Crippen molar-refractivity contribution >= 4 is 33.9 Å². The Balaban J connectivity index is 1.55. The molecule has 0 aliphatic heterocycles. The van der Waals surface area contributed by atoms with Crippen molar-refractivity contribution in [3.05, 3.63) is 94.3 Å². The van der Waals surface area contributed by atoms with Gasteiger partial charge in [0.2, 0.25) is 0 Å². The number of nitrogens with zero attached hydrogens (tertiary/aromatic N) is 2. The fourth-order valence-corrected chi connectivity index (χ4v) is 3.60. The predicted molar refractivity (Wildman–Crippen MR) is 131 cm³/mol. The van der Waals surface area contributed by atoms with Gasteiger partial charge in [-0.1, -0.05) is 35.7 Å². The van der Waals surface area contributed by atoms with Gasteiger partial charge in [0.05, 0.1) is 5.52 Å². The van der Waals surface area contributed by atoms with Crippen molar-refractivity contribution in [2.45, 2.75) is 33.2 Å². The number of halogens is 1. The molecule has 3 nitrogen and oxygen atoms in total. The SMILES string of the molecule is Cc1cc(NC(C)C)nc2ccc(C#Cc3ccc(C4=CC=C(Cl)C=CC4)cn3)cc12. The zero-order chi connectivity index (χ0) is 21.8. The third-order valence-corrected chi connectivity index (χ3v) is 5.23. The molecule has 0 amide bonds. The summed E-state index contributed by atoms with van der Waals surface area (Å²) in [5, 5.41) is 5.22. The minimum Gasteiger partial charge on any atom is -0.368 e. The first-order chi connectivity index (χ1) is 15.0. The molecule has 3 aromatic rings. The molecule has 0 radical (unpaired) electrons. The molecule has 0 saturated carbocycles. The minimum absolute atomic E-state index is 0.345. The maximum Gasteiger partial charge on any atom is 0.127 e. The third kappa shape index (κ3) is 5.23. The van der Waals surface area contributed by atoms with Crippen molar-refractivity contribution in [3.63, 3.8) is 0 Å². The van der Waals surface area contributed by atoms with E-state index < -0.39 is 0 Å². The number of fused-ring (bicyclic) bond motifs is 1. The molecule has 1 aliphatic carbocycles. The molecule has 0 spiro atoms. The highest BCUT2D eigenvalue weighted by atomic mass is 35.5. The van der Waals surface area contributed by atoms with Crippen LogP contribution in [0.15, 0.2) is 71.9 Å². The summed E-state index contributed by atoms with van der Waals surface area (Å²) in [5.41, 5.74) is 6.10. The zero-order valence-electron chi connectivity index (χ0n) is 17.9. The molecule has 0 atom stereocenters. The number of allylic oxidation sites excluding steroid dienone is 6. The lowest BCUT2D eigenvalue weighted by molar-refractivity contribution is 0.891. The summed E-state index contributed by atoms with van der Waals surface area (Å²) in [5.74, 6) is 7.31. The van der Waals surface area contributed by atoms with Crippen LogP contribution in [-0.2, 0) is 0 Å². The fourth-order valence-electron chi connectivity index (χ4n) is 3.45. The summed E-state index contributed by atoms with van der Waals surface area (Å²) in [4.78, 5) is 9.23. The van der Waals surface area contributed by atoms with Crippen LogP contribution in [0.2, 0.25) is 0 Å². The van der Waals surface area contributed by atoms with E-state index in [4.69, 9.17) is 16.6 Å². The number of hydrogen-bond acceptors (Lipinski definition) is 3. The van der Waals surface area contributed by atoms with Crippen molar-refractivity contribution in [2.24, 2.45) is 0 Å². The van der Waals surface area contributed by atoms with Crippen LogP contribution in [0, 0.1) is 18.8 Å². The average molecular weight is 426 g/mol. The first-order valence-electron chi connectivity index (χ1n) is 10.4. The lowest BCUT2D eigenvalue weighted by atomic mass is 10.0. The molecule has 2 heterocycles. The van der Waals surface area contributed by atoms with Crippen LogP contribution in [0.3, 0.4) is 0 Å². The van der Waals surface area contributed by atoms with Crippen molar-refractivity contribution < 1.29 is 0 Å². The van der Waals surface area contributed by atoms with E-state index in [0.29, 0.717) is 6.04 Å². The molecule has 154 valence electrons. The van der Waals surface area contributed by atoms with Gasteiger partial charge >= 0.3 is 0 Å². The van der Waals surface area contributed by atoms with Gasteiger partial charge in [-0.25, -0.2) is 9.97 Å². The lowest BCUT2D eigenvalue weighted by Gasteiger charge is -2.11. The number of hydrogen-bond donors (Lipinski definition) is 1. The third-order valence-electron chi connectivity index (χ3n) is 4.98. The van der Waals surface area contributed by atoms with Crippen molar-refractivity contribution in [1.82, 2.24) is 9.97 Å². The second-order valence-corrected chi connectivity index (χ2v) is 8.32. The Morgan fingerprint density at radius 2 is 1.94 bits per heavy atom. The number of benzene rings is 1. The molecule has 0 fully saturated rings. The highest BCUT2D eigenvalue weighted by Crippen LogP contribution is 2.23. The molecule has 31 heavy (non-hydrogen) atoms. The second-order valence-electron chi connectivity index (χ2n) is 7.89. The van der Waals surface area contributed by atoms with Crippen LogP contribution in [0.5, 0.6) is 0 Å². The topological polar surface area (TPSA) is 37.8 Å². The van der Waals surface area contributed by atoms with E-state index in [0.717, 1.165) is 45.0 Å². The Bertz CT molecular complexity index is 1270. The van der Waals surface area contributed by atoms with Crippen LogP contribution in [0.1, 0.15) is 42.7 Å². The molecule has 0 unspecified atom stereocenters. The number of nitrogens with one attached hydrogen (secondary N) is 1. The monoisotopic (exact) mass is 425 g/mol. The Kier molecular flexibility index (Phi) is 6.21. The first kappa shape index (κ1) is 20.9. The fraction of sp³-hybridized carbons (Fsp3) is 0.185. The summed E-state index contributed by atoms with van der Waals surface area (Å²) in [6, 6.07) is 12.6. The smallest absolute Gasteiger partial charge is 0.127 e. The molecule has 0 bridgehead atoms. The van der Waals surface area contributed by atoms with Gasteiger partial charge in [0.25, 0.3) is 0 Å². The molecule has 2 aromatic heterocycles. The quantitative estimate of drug-likeness (QED) is 0.479. The second kappa shape index (κ2) is 9.20. The van der Waals surface area contributed by atoms with Crippen molar-refractivity contribution in [2.75, 3.05) is 5.32 Å². The minimum atomic E-state index is 0.345. The summed E-state index contributed by atoms with van der Waals surface area (Å²) in [6.45, 7) is 6.32. The Morgan fingerprint density at radius 3 is 2.71 bits per heavy atom. The normalized spacial score (nSPS) is 13.3. The Labute approximate surface area is 188 Å². The Hall–Kier alpha value is -3.35. The van der Waals surface area contributed by atoms with Gasteiger partial charge in [0.15, 0.2) is 0 Å². The maximum atomic E-state index is 6.06. The summed E-state index contributed by atoms with van der Waals surface area (Å²) >= 11 is 6.06. The van der Waals surface area contributed by atoms with Crippen molar-refractivity contribution in [1.29, 1.82) is 0 Å². The van der Waals surface area contributed by atoms with Crippen LogP contribution in [0.4, 0.5) is 5.82 Å². The number of aryl methyl sites for hydroxylation is 1. The summed E-state index contributed by atoms with van der Waals surface area (Å²) in [7, 11) is 0. The summed E-state index contributed by atoms with van der Waals surface area (Å²) < 4.78 is 0. The van der Waals surface area contributed by atoms with Gasteiger partial charge in [-0.2, -0.15) is 0 Å². The molecular formula is C27H24ClN3. The van der Waals surface area contributed by atoms with E-state index in [-0.39, 0.29) is 0 Å². The molecule has 4 rings (SSSR count). The van der Waals surface area contributed by atoms with E-state index in [9.17, 15) is 0 Å². The van der Waals surface area contributed by atoms with Gasteiger partial charge in [-0.3, -0.25) is 0 Å². The molecule has 4 heteroatoms. The van der Waals surface area contributed by atoms with Crippen LogP contribution in [0.25, 0.3) is 16.5 Å². The van der Waals surface area contributed by atoms with E-state index in [1.807, 2.05) is 42.6 Å². The molecular weight excluding hydrogens is 402 g/mol. The van der Waals surface area contributed by atoms with Gasteiger partial charge in [-0.05, 0) is 92.3 Å². The largest absolute Gasteiger partial charge is 0.368 e. The maximum absolute atomic E-state index is 6.06. The first-order valence-corrected chi connectivity index (χ1v) is 10.7. The molecule has 1 aliphatic rings. The van der Waals surface area contributed by atoms with Gasteiger partial charge in [0.1, 0.15) is 11.5 Å². The number of aromatic nitrogens is 2. The number of anilines is 1. The van der Waals surface area contributed by atoms with Gasteiger partial charge in [-0.15, -0.1) is 0 Å². The average Bonchev–Trinajstić information content (AvgIpc) is 2.97. The van der Waals surface area contributed by atoms with E-state index in [1.165, 1.54) is 11.1 Å². The number of rotatable bonds is 3. The van der Waals surface area contributed by atoms with E-state index in [2.05, 4.69) is 67.2 Å². The number of pyridine rings is 2. The van der Waals surface area contributed by atoms with Crippen LogP contribution in [-0.4, -0.2) is 16.0 Å². The summed E-state index contributed by atoms with van der Waals surface area (Å²) in [6.07, 6.45) is 10.6.